The molecule has 0 heterocycles. The summed E-state index contributed by atoms with van der Waals surface area (Å²) in [6.45, 7) is 9.07. The minimum Gasteiger partial charge on any atom is -0.321 e. The summed E-state index contributed by atoms with van der Waals surface area (Å²) < 4.78 is 0. The molecule has 1 nitrogen and oxygen atoms in total. The second-order valence-electron chi connectivity index (χ2n) is 6.91. The van der Waals surface area contributed by atoms with E-state index >= 15 is 0 Å². The quantitative estimate of drug-likeness (QED) is 0.766. The smallest absolute Gasteiger partial charge is 0.0412 e. The lowest BCUT2D eigenvalue weighted by atomic mass is 9.80. The maximum atomic E-state index is 6.79. The topological polar surface area (TPSA) is 26.0 Å². The molecule has 2 unspecified atom stereocenters. The summed E-state index contributed by atoms with van der Waals surface area (Å²) in [7, 11) is 0. The molecule has 1 aliphatic carbocycles. The Kier molecular flexibility index (Phi) is 4.35. The van der Waals surface area contributed by atoms with Gasteiger partial charge in [-0.15, -0.1) is 0 Å². The summed E-state index contributed by atoms with van der Waals surface area (Å²) in [4.78, 5) is 0. The fourth-order valence-electron chi connectivity index (χ4n) is 3.70. The zero-order chi connectivity index (χ0) is 14.0. The molecule has 0 aromatic heterocycles. The van der Waals surface area contributed by atoms with Crippen LogP contribution in [0, 0.1) is 25.7 Å². The largest absolute Gasteiger partial charge is 0.321 e. The standard InChI is InChI=1S/C18H29N/c1-13(2)16-6-5-10-18(19,11-9-16)17-8-7-14(3)12-15(17)4/h7-8,12-13,16H,5-6,9-11,19H2,1-4H3. The molecule has 0 radical (unpaired) electrons. The highest BCUT2D eigenvalue weighted by Crippen LogP contribution is 2.39. The van der Waals surface area contributed by atoms with E-state index in [4.69, 9.17) is 5.73 Å². The van der Waals surface area contributed by atoms with E-state index in [2.05, 4.69) is 45.9 Å². The first kappa shape index (κ1) is 14.6. The zero-order valence-electron chi connectivity index (χ0n) is 13.0. The Morgan fingerprint density at radius 2 is 1.89 bits per heavy atom. The highest BCUT2D eigenvalue weighted by Gasteiger charge is 2.32. The third kappa shape index (κ3) is 3.20. The molecule has 106 valence electrons. The van der Waals surface area contributed by atoms with Crippen molar-refractivity contribution in [2.24, 2.45) is 17.6 Å². The van der Waals surface area contributed by atoms with Gasteiger partial charge in [0.2, 0.25) is 0 Å². The predicted molar refractivity (Wildman–Crippen MR) is 83.2 cm³/mol. The fraction of sp³-hybridized carbons (Fsp3) is 0.667. The molecule has 2 N–H and O–H groups in total. The zero-order valence-corrected chi connectivity index (χ0v) is 13.0. The number of hydrogen-bond donors (Lipinski definition) is 1. The van der Waals surface area contributed by atoms with Crippen molar-refractivity contribution in [2.45, 2.75) is 65.3 Å². The van der Waals surface area contributed by atoms with Gasteiger partial charge in [-0.25, -0.2) is 0 Å². The molecular formula is C18H29N. The Labute approximate surface area is 118 Å². The lowest BCUT2D eigenvalue weighted by molar-refractivity contribution is 0.325. The van der Waals surface area contributed by atoms with Crippen molar-refractivity contribution in [3.63, 3.8) is 0 Å². The minimum absolute atomic E-state index is 0.0958. The van der Waals surface area contributed by atoms with Crippen LogP contribution >= 0.6 is 0 Å². The summed E-state index contributed by atoms with van der Waals surface area (Å²) in [6, 6.07) is 6.75. The van der Waals surface area contributed by atoms with Crippen molar-refractivity contribution in [1.29, 1.82) is 0 Å². The number of hydrogen-bond acceptors (Lipinski definition) is 1. The van der Waals surface area contributed by atoms with Crippen molar-refractivity contribution < 1.29 is 0 Å². The summed E-state index contributed by atoms with van der Waals surface area (Å²) in [5.41, 5.74) is 10.8. The molecule has 2 rings (SSSR count). The highest BCUT2D eigenvalue weighted by molar-refractivity contribution is 5.35. The molecule has 2 atom stereocenters. The Morgan fingerprint density at radius 1 is 1.16 bits per heavy atom. The van der Waals surface area contributed by atoms with Gasteiger partial charge in [0.1, 0.15) is 0 Å². The SMILES string of the molecule is Cc1ccc(C2(N)CCCC(C(C)C)CC2)c(C)c1. The molecule has 1 heteroatoms. The van der Waals surface area contributed by atoms with Crippen molar-refractivity contribution in [3.8, 4) is 0 Å². The van der Waals surface area contributed by atoms with E-state index in [0.29, 0.717) is 0 Å². The Bertz CT molecular complexity index is 435. The van der Waals surface area contributed by atoms with Crippen LogP contribution in [0.5, 0.6) is 0 Å². The first-order valence-electron chi connectivity index (χ1n) is 7.79. The predicted octanol–water partition coefficient (Wildman–Crippen LogP) is 4.69. The van der Waals surface area contributed by atoms with Crippen LogP contribution in [0.2, 0.25) is 0 Å². The number of aryl methyl sites for hydroxylation is 2. The maximum absolute atomic E-state index is 6.79. The molecule has 0 aliphatic heterocycles. The van der Waals surface area contributed by atoms with Crippen molar-refractivity contribution in [3.05, 3.63) is 34.9 Å². The molecule has 0 amide bonds. The van der Waals surface area contributed by atoms with Crippen LogP contribution in [0.25, 0.3) is 0 Å². The van der Waals surface area contributed by atoms with Gasteiger partial charge in [0.25, 0.3) is 0 Å². The normalized spacial score (nSPS) is 28.4. The molecule has 1 aliphatic rings. The lowest BCUT2D eigenvalue weighted by Gasteiger charge is -2.31. The lowest BCUT2D eigenvalue weighted by Crippen LogP contribution is -2.37. The number of rotatable bonds is 2. The molecule has 1 saturated carbocycles. The van der Waals surface area contributed by atoms with Gasteiger partial charge in [0.05, 0.1) is 0 Å². The molecule has 1 fully saturated rings. The molecule has 1 aromatic rings. The molecular weight excluding hydrogens is 230 g/mol. The third-order valence-corrected chi connectivity index (χ3v) is 5.02. The van der Waals surface area contributed by atoms with Crippen molar-refractivity contribution >= 4 is 0 Å². The molecule has 1 aromatic carbocycles. The summed E-state index contributed by atoms with van der Waals surface area (Å²) in [5.74, 6) is 1.65. The highest BCUT2D eigenvalue weighted by atomic mass is 14.7. The van der Waals surface area contributed by atoms with E-state index < -0.39 is 0 Å². The Morgan fingerprint density at radius 3 is 2.53 bits per heavy atom. The molecule has 0 bridgehead atoms. The fourth-order valence-corrected chi connectivity index (χ4v) is 3.70. The summed E-state index contributed by atoms with van der Waals surface area (Å²) in [5, 5.41) is 0. The van der Waals surface area contributed by atoms with E-state index in [-0.39, 0.29) is 5.54 Å². The van der Waals surface area contributed by atoms with E-state index in [1.807, 2.05) is 0 Å². The number of benzene rings is 1. The summed E-state index contributed by atoms with van der Waals surface area (Å²) >= 11 is 0. The van der Waals surface area contributed by atoms with E-state index in [1.54, 1.807) is 0 Å². The Balaban J connectivity index is 2.22. The van der Waals surface area contributed by atoms with Gasteiger partial charge >= 0.3 is 0 Å². The number of nitrogens with two attached hydrogens (primary N) is 1. The third-order valence-electron chi connectivity index (χ3n) is 5.02. The van der Waals surface area contributed by atoms with Crippen LogP contribution in [-0.4, -0.2) is 0 Å². The van der Waals surface area contributed by atoms with Crippen LogP contribution < -0.4 is 5.73 Å². The second kappa shape index (κ2) is 5.66. The average Bonchev–Trinajstić information content (AvgIpc) is 2.51. The molecule has 19 heavy (non-hydrogen) atoms. The maximum Gasteiger partial charge on any atom is 0.0412 e. The van der Waals surface area contributed by atoms with Crippen LogP contribution in [0.15, 0.2) is 18.2 Å². The second-order valence-corrected chi connectivity index (χ2v) is 6.91. The molecule has 0 saturated heterocycles. The van der Waals surface area contributed by atoms with Gasteiger partial charge in [0.15, 0.2) is 0 Å². The van der Waals surface area contributed by atoms with Crippen molar-refractivity contribution in [1.82, 2.24) is 0 Å². The van der Waals surface area contributed by atoms with Gasteiger partial charge in [-0.3, -0.25) is 0 Å². The Hall–Kier alpha value is -0.820. The van der Waals surface area contributed by atoms with E-state index in [0.717, 1.165) is 24.7 Å². The summed E-state index contributed by atoms with van der Waals surface area (Å²) in [6.07, 6.45) is 6.18. The average molecular weight is 259 g/mol. The molecule has 0 spiro atoms. The van der Waals surface area contributed by atoms with Gasteiger partial charge in [-0.1, -0.05) is 50.5 Å². The van der Waals surface area contributed by atoms with E-state index in [9.17, 15) is 0 Å². The van der Waals surface area contributed by atoms with Crippen LogP contribution in [0.1, 0.15) is 62.6 Å². The van der Waals surface area contributed by atoms with Crippen LogP contribution in [0.4, 0.5) is 0 Å². The van der Waals surface area contributed by atoms with Crippen LogP contribution in [0.3, 0.4) is 0 Å². The van der Waals surface area contributed by atoms with Gasteiger partial charge in [-0.2, -0.15) is 0 Å². The first-order valence-corrected chi connectivity index (χ1v) is 7.79. The minimum atomic E-state index is -0.0958. The van der Waals surface area contributed by atoms with Gasteiger partial charge in [-0.05, 0) is 56.1 Å². The van der Waals surface area contributed by atoms with Gasteiger partial charge in [0, 0.05) is 5.54 Å². The van der Waals surface area contributed by atoms with Crippen molar-refractivity contribution in [2.75, 3.05) is 0 Å². The first-order chi connectivity index (χ1) is 8.92. The van der Waals surface area contributed by atoms with Crippen LogP contribution in [-0.2, 0) is 5.54 Å². The van der Waals surface area contributed by atoms with Gasteiger partial charge < -0.3 is 5.73 Å². The monoisotopic (exact) mass is 259 g/mol. The van der Waals surface area contributed by atoms with E-state index in [1.165, 1.54) is 36.0 Å².